The van der Waals surface area contributed by atoms with Gasteiger partial charge in [0.05, 0.1) is 23.9 Å². The molecule has 144 valence electrons. The number of alkyl halides is 3. The van der Waals surface area contributed by atoms with Crippen molar-refractivity contribution in [2.24, 2.45) is 0 Å². The molecule has 1 aliphatic rings. The lowest BCUT2D eigenvalue weighted by molar-refractivity contribution is -0.138. The molecule has 8 heteroatoms. The lowest BCUT2D eigenvalue weighted by Gasteiger charge is -2.35. The number of carbonyl (C=O) groups is 1. The lowest BCUT2D eigenvalue weighted by atomic mass is 10.1. The van der Waals surface area contributed by atoms with Gasteiger partial charge in [-0.05, 0) is 24.3 Å². The fraction of sp³-hybridized carbons (Fsp3) is 0.368. The van der Waals surface area contributed by atoms with Crippen molar-refractivity contribution in [3.05, 3.63) is 59.4 Å². The van der Waals surface area contributed by atoms with Crippen LogP contribution in [0.25, 0.3) is 0 Å². The molecule has 0 spiro atoms. The van der Waals surface area contributed by atoms with Gasteiger partial charge < -0.3 is 9.64 Å². The first kappa shape index (κ1) is 19.2. The lowest BCUT2D eigenvalue weighted by Crippen LogP contribution is -2.48. The Balaban J connectivity index is 1.64. The molecule has 1 amide bonds. The number of hydrogen-bond donors (Lipinski definition) is 0. The molecule has 0 radical (unpaired) electrons. The highest BCUT2D eigenvalue weighted by atomic mass is 19.4. The summed E-state index contributed by atoms with van der Waals surface area (Å²) in [4.78, 5) is 20.2. The van der Waals surface area contributed by atoms with Crippen LogP contribution < -0.4 is 4.74 Å². The number of nitrogens with zero attached hydrogens (tertiary/aromatic N) is 3. The van der Waals surface area contributed by atoms with Gasteiger partial charge in [-0.25, -0.2) is 0 Å². The summed E-state index contributed by atoms with van der Waals surface area (Å²) in [5.41, 5.74) is -0.218. The highest BCUT2D eigenvalue weighted by Gasteiger charge is 2.34. The van der Waals surface area contributed by atoms with Crippen molar-refractivity contribution in [3.63, 3.8) is 0 Å². The molecule has 0 atom stereocenters. The van der Waals surface area contributed by atoms with Gasteiger partial charge in [-0.2, -0.15) is 13.2 Å². The van der Waals surface area contributed by atoms with Crippen LogP contribution in [-0.4, -0.2) is 54.0 Å². The van der Waals surface area contributed by atoms with Crippen LogP contribution in [0.5, 0.6) is 5.75 Å². The first-order valence-corrected chi connectivity index (χ1v) is 8.56. The van der Waals surface area contributed by atoms with Gasteiger partial charge in [0.1, 0.15) is 5.75 Å². The summed E-state index contributed by atoms with van der Waals surface area (Å²) in [6, 6.07) is 9.32. The van der Waals surface area contributed by atoms with E-state index in [0.29, 0.717) is 37.5 Å². The third-order valence-corrected chi connectivity index (χ3v) is 4.57. The largest absolute Gasteiger partial charge is 0.496 e. The van der Waals surface area contributed by atoms with E-state index in [9.17, 15) is 18.0 Å². The van der Waals surface area contributed by atoms with Crippen LogP contribution in [0.4, 0.5) is 13.2 Å². The van der Waals surface area contributed by atoms with Crippen molar-refractivity contribution in [2.75, 3.05) is 33.3 Å². The van der Waals surface area contributed by atoms with E-state index in [4.69, 9.17) is 4.74 Å². The smallest absolute Gasteiger partial charge is 0.418 e. The number of rotatable bonds is 4. The zero-order chi connectivity index (χ0) is 19.4. The molecule has 0 saturated carbocycles. The highest BCUT2D eigenvalue weighted by Crippen LogP contribution is 2.31. The molecule has 1 aromatic heterocycles. The molecule has 2 heterocycles. The maximum atomic E-state index is 13.1. The number of hydrogen-bond acceptors (Lipinski definition) is 4. The first-order valence-electron chi connectivity index (χ1n) is 8.56. The number of halogens is 3. The van der Waals surface area contributed by atoms with Crippen LogP contribution in [0.3, 0.4) is 0 Å². The number of para-hydroxylation sites is 1. The summed E-state index contributed by atoms with van der Waals surface area (Å²) in [6.45, 7) is 1.94. The third kappa shape index (κ3) is 4.39. The molecule has 0 N–H and O–H groups in total. The van der Waals surface area contributed by atoms with Crippen molar-refractivity contribution >= 4 is 5.91 Å². The topological polar surface area (TPSA) is 45.7 Å². The normalized spacial score (nSPS) is 15.6. The molecule has 0 unspecified atom stereocenters. The van der Waals surface area contributed by atoms with Crippen LogP contribution in [0.1, 0.15) is 21.6 Å². The number of aromatic nitrogens is 1. The van der Waals surface area contributed by atoms with E-state index < -0.39 is 11.7 Å². The number of pyridine rings is 1. The average molecular weight is 379 g/mol. The Labute approximate surface area is 155 Å². The van der Waals surface area contributed by atoms with Gasteiger partial charge in [0.2, 0.25) is 0 Å². The minimum Gasteiger partial charge on any atom is -0.496 e. The van der Waals surface area contributed by atoms with Gasteiger partial charge in [-0.3, -0.25) is 14.7 Å². The molecular formula is C19H20F3N3O2. The molecule has 1 fully saturated rings. The van der Waals surface area contributed by atoms with Crippen molar-refractivity contribution in [2.45, 2.75) is 12.7 Å². The van der Waals surface area contributed by atoms with Crippen LogP contribution in [0.15, 0.2) is 42.6 Å². The van der Waals surface area contributed by atoms with Gasteiger partial charge in [-0.15, -0.1) is 0 Å². The summed E-state index contributed by atoms with van der Waals surface area (Å²) in [6.07, 6.45) is -3.06. The fourth-order valence-electron chi connectivity index (χ4n) is 3.13. The van der Waals surface area contributed by atoms with Gasteiger partial charge in [0.25, 0.3) is 5.91 Å². The standard InChI is InChI=1S/C19H20F3N3O2/c1-27-17-7-3-2-5-14(17)18(26)25-11-9-24(10-12-25)13-16-15(19(20,21)22)6-4-8-23-16/h2-8H,9-13H2,1H3. The summed E-state index contributed by atoms with van der Waals surface area (Å²) in [7, 11) is 1.51. The van der Waals surface area contributed by atoms with Crippen LogP contribution in [0, 0.1) is 0 Å². The molecule has 1 saturated heterocycles. The molecule has 5 nitrogen and oxygen atoms in total. The Hall–Kier alpha value is -2.61. The Bertz CT molecular complexity index is 803. The van der Waals surface area contributed by atoms with E-state index in [1.165, 1.54) is 19.4 Å². The van der Waals surface area contributed by atoms with Crippen LogP contribution >= 0.6 is 0 Å². The number of amides is 1. The second-order valence-electron chi connectivity index (χ2n) is 6.26. The summed E-state index contributed by atoms with van der Waals surface area (Å²) >= 11 is 0. The zero-order valence-corrected chi connectivity index (χ0v) is 14.9. The van der Waals surface area contributed by atoms with Gasteiger partial charge in [0, 0.05) is 38.9 Å². The minimum atomic E-state index is -4.43. The van der Waals surface area contributed by atoms with Gasteiger partial charge >= 0.3 is 6.18 Å². The maximum Gasteiger partial charge on any atom is 0.418 e. The summed E-state index contributed by atoms with van der Waals surface area (Å²) in [5, 5.41) is 0. The molecule has 1 aromatic carbocycles. The quantitative estimate of drug-likeness (QED) is 0.819. The maximum absolute atomic E-state index is 13.1. The van der Waals surface area contributed by atoms with Crippen molar-refractivity contribution in [3.8, 4) is 5.75 Å². The van der Waals surface area contributed by atoms with E-state index in [2.05, 4.69) is 4.98 Å². The third-order valence-electron chi connectivity index (χ3n) is 4.57. The van der Waals surface area contributed by atoms with Crippen molar-refractivity contribution in [1.29, 1.82) is 0 Å². The molecule has 0 bridgehead atoms. The van der Waals surface area contributed by atoms with E-state index >= 15 is 0 Å². The minimum absolute atomic E-state index is 0.00880. The fourth-order valence-corrected chi connectivity index (χ4v) is 3.13. The van der Waals surface area contributed by atoms with Gasteiger partial charge in [0.15, 0.2) is 0 Å². The van der Waals surface area contributed by atoms with E-state index in [1.54, 1.807) is 29.2 Å². The predicted octanol–water partition coefficient (Wildman–Crippen LogP) is 3.07. The predicted molar refractivity (Wildman–Crippen MR) is 93.4 cm³/mol. The molecular weight excluding hydrogens is 359 g/mol. The SMILES string of the molecule is COc1ccccc1C(=O)N1CCN(Cc2ncccc2C(F)(F)F)CC1. The highest BCUT2D eigenvalue weighted by molar-refractivity contribution is 5.97. The molecule has 27 heavy (non-hydrogen) atoms. The monoisotopic (exact) mass is 379 g/mol. The van der Waals surface area contributed by atoms with Crippen molar-refractivity contribution < 1.29 is 22.7 Å². The average Bonchev–Trinajstić information content (AvgIpc) is 2.67. The number of ether oxygens (including phenoxy) is 1. The Morgan fingerprint density at radius 1 is 1.11 bits per heavy atom. The molecule has 2 aromatic rings. The molecule has 3 rings (SSSR count). The van der Waals surface area contributed by atoms with Gasteiger partial charge in [-0.1, -0.05) is 12.1 Å². The van der Waals surface area contributed by atoms with Crippen LogP contribution in [-0.2, 0) is 12.7 Å². The Morgan fingerprint density at radius 3 is 2.48 bits per heavy atom. The van der Waals surface area contributed by atoms with Crippen LogP contribution in [0.2, 0.25) is 0 Å². The summed E-state index contributed by atoms with van der Waals surface area (Å²) < 4.78 is 44.5. The zero-order valence-electron chi connectivity index (χ0n) is 14.9. The van der Waals surface area contributed by atoms with E-state index in [-0.39, 0.29) is 18.1 Å². The summed E-state index contributed by atoms with van der Waals surface area (Å²) in [5.74, 6) is 0.370. The van der Waals surface area contributed by atoms with Crippen molar-refractivity contribution in [1.82, 2.24) is 14.8 Å². The number of benzene rings is 1. The number of carbonyl (C=O) groups excluding carboxylic acids is 1. The number of methoxy groups -OCH3 is 1. The number of piperazine rings is 1. The molecule has 0 aliphatic carbocycles. The Kier molecular flexibility index (Phi) is 5.65. The Morgan fingerprint density at radius 2 is 1.81 bits per heavy atom. The second kappa shape index (κ2) is 7.96. The van der Waals surface area contributed by atoms with E-state index in [0.717, 1.165) is 6.07 Å². The first-order chi connectivity index (χ1) is 12.9. The second-order valence-corrected chi connectivity index (χ2v) is 6.26. The van der Waals surface area contributed by atoms with E-state index in [1.807, 2.05) is 4.90 Å². The molecule has 1 aliphatic heterocycles.